The van der Waals surface area contributed by atoms with Gasteiger partial charge in [0.2, 0.25) is 0 Å². The van der Waals surface area contributed by atoms with Gasteiger partial charge in [-0.3, -0.25) is 0 Å². The van der Waals surface area contributed by atoms with Crippen molar-refractivity contribution in [2.24, 2.45) is 5.92 Å². The summed E-state index contributed by atoms with van der Waals surface area (Å²) in [6.45, 7) is 2.76. The molecule has 1 aromatic carbocycles. The van der Waals surface area contributed by atoms with Crippen LogP contribution in [-0.2, 0) is 14.8 Å². The first-order valence-electron chi connectivity index (χ1n) is 5.76. The maximum atomic E-state index is 12.9. The lowest BCUT2D eigenvalue weighted by Gasteiger charge is -2.22. The molecular weight excluding hydrogens is 513 g/mol. The first-order chi connectivity index (χ1) is 9.17. The second kappa shape index (κ2) is 10.9. The molecule has 2 nitrogen and oxygen atoms in total. The van der Waals surface area contributed by atoms with E-state index in [1.807, 2.05) is 12.1 Å². The fourth-order valence-corrected chi connectivity index (χ4v) is 3.75. The lowest BCUT2D eigenvalue weighted by Crippen LogP contribution is -2.22. The molecule has 0 aliphatic carbocycles. The monoisotopic (exact) mass is 528 g/mol. The molecule has 19 heavy (non-hydrogen) atoms. The minimum atomic E-state index is -0.197. The van der Waals surface area contributed by atoms with Crippen LogP contribution in [0.3, 0.4) is 0 Å². The van der Waals surface area contributed by atoms with Gasteiger partial charge in [0.05, 0.1) is 31.1 Å². The molecule has 1 aromatic rings. The standard InChI is InChI=1S/C12H15FI2O2S2/c1-9(17-19-15)11(6-7-16-18-14)8-10-2-4-12(13)5-3-10/h2-5,9,11H,6-8H2,1H3. The fourth-order valence-electron chi connectivity index (χ4n) is 1.79. The molecule has 0 bridgehead atoms. The van der Waals surface area contributed by atoms with Crippen molar-refractivity contribution in [1.29, 1.82) is 0 Å². The number of rotatable bonds is 9. The molecule has 0 aliphatic rings. The molecule has 108 valence electrons. The summed E-state index contributed by atoms with van der Waals surface area (Å²) in [6.07, 6.45) is 1.93. The molecule has 0 radical (unpaired) electrons. The van der Waals surface area contributed by atoms with Gasteiger partial charge in [-0.2, -0.15) is 0 Å². The van der Waals surface area contributed by atoms with E-state index in [9.17, 15) is 4.39 Å². The zero-order chi connectivity index (χ0) is 14.1. The first-order valence-corrected chi connectivity index (χ1v) is 12.3. The Morgan fingerprint density at radius 2 is 1.89 bits per heavy atom. The topological polar surface area (TPSA) is 18.5 Å². The van der Waals surface area contributed by atoms with Crippen molar-refractivity contribution in [3.05, 3.63) is 35.6 Å². The van der Waals surface area contributed by atoms with E-state index in [-0.39, 0.29) is 11.9 Å². The lowest BCUT2D eigenvalue weighted by molar-refractivity contribution is 0.161. The molecule has 7 heteroatoms. The van der Waals surface area contributed by atoms with E-state index >= 15 is 0 Å². The van der Waals surface area contributed by atoms with Crippen molar-refractivity contribution in [3.8, 4) is 0 Å². The predicted octanol–water partition coefficient (Wildman–Crippen LogP) is 5.79. The quantitative estimate of drug-likeness (QED) is 0.230. The van der Waals surface area contributed by atoms with E-state index in [0.717, 1.165) is 18.4 Å². The Kier molecular flexibility index (Phi) is 10.5. The van der Waals surface area contributed by atoms with E-state index in [1.165, 1.54) is 30.6 Å². The maximum absolute atomic E-state index is 12.9. The highest BCUT2D eigenvalue weighted by molar-refractivity contribution is 14.2. The Labute approximate surface area is 146 Å². The molecule has 0 fully saturated rings. The van der Waals surface area contributed by atoms with E-state index in [0.29, 0.717) is 12.5 Å². The molecule has 0 aliphatic heterocycles. The number of hydrogen-bond donors (Lipinski definition) is 0. The summed E-state index contributed by atoms with van der Waals surface area (Å²) in [5.41, 5.74) is 1.13. The zero-order valence-corrected chi connectivity index (χ0v) is 16.3. The van der Waals surface area contributed by atoms with Crippen molar-refractivity contribution in [2.45, 2.75) is 25.9 Å². The first kappa shape index (κ1) is 18.3. The minimum Gasteiger partial charge on any atom is -0.305 e. The summed E-state index contributed by atoms with van der Waals surface area (Å²) in [5.74, 6) is 0.160. The summed E-state index contributed by atoms with van der Waals surface area (Å²) >= 11 is 4.24. The summed E-state index contributed by atoms with van der Waals surface area (Å²) < 4.78 is 23.8. The molecule has 2 unspecified atom stereocenters. The smallest absolute Gasteiger partial charge is 0.123 e. The van der Waals surface area contributed by atoms with E-state index in [1.54, 1.807) is 0 Å². The van der Waals surface area contributed by atoms with Crippen molar-refractivity contribution in [3.63, 3.8) is 0 Å². The summed E-state index contributed by atoms with van der Waals surface area (Å²) in [6, 6.07) is 6.67. The Morgan fingerprint density at radius 1 is 1.21 bits per heavy atom. The van der Waals surface area contributed by atoms with Crippen molar-refractivity contribution < 1.29 is 12.8 Å². The third-order valence-corrected chi connectivity index (χ3v) is 4.90. The van der Waals surface area contributed by atoms with Crippen LogP contribution >= 0.6 is 60.8 Å². The van der Waals surface area contributed by atoms with Crippen LogP contribution in [0.4, 0.5) is 4.39 Å². The van der Waals surface area contributed by atoms with E-state index < -0.39 is 0 Å². The molecule has 0 saturated carbocycles. The Bertz CT molecular complexity index is 354. The number of halogens is 3. The van der Waals surface area contributed by atoms with Gasteiger partial charge in [0, 0.05) is 42.4 Å². The molecule has 0 N–H and O–H groups in total. The Hall–Kier alpha value is 1.23. The van der Waals surface area contributed by atoms with Gasteiger partial charge >= 0.3 is 0 Å². The van der Waals surface area contributed by atoms with Gasteiger partial charge in [0.15, 0.2) is 0 Å². The van der Waals surface area contributed by atoms with Gasteiger partial charge in [0.25, 0.3) is 0 Å². The fraction of sp³-hybridized carbons (Fsp3) is 0.500. The maximum Gasteiger partial charge on any atom is 0.123 e. The minimum absolute atomic E-state index is 0.134. The number of hydrogen-bond acceptors (Lipinski definition) is 4. The average Bonchev–Trinajstić information content (AvgIpc) is 2.40. The molecule has 2 atom stereocenters. The molecular formula is C12H15FI2O2S2. The zero-order valence-electron chi connectivity index (χ0n) is 10.4. The third kappa shape index (κ3) is 7.70. The Morgan fingerprint density at radius 3 is 2.47 bits per heavy atom. The van der Waals surface area contributed by atoms with Crippen molar-refractivity contribution >= 4 is 60.8 Å². The number of benzene rings is 1. The molecule has 0 amide bonds. The third-order valence-electron chi connectivity index (χ3n) is 2.88. The van der Waals surface area contributed by atoms with Crippen molar-refractivity contribution in [2.75, 3.05) is 6.61 Å². The normalized spacial score (nSPS) is 14.3. The van der Waals surface area contributed by atoms with Gasteiger partial charge < -0.3 is 8.37 Å². The van der Waals surface area contributed by atoms with Crippen LogP contribution < -0.4 is 0 Å². The van der Waals surface area contributed by atoms with Crippen LogP contribution in [0, 0.1) is 11.7 Å². The van der Waals surface area contributed by atoms with E-state index in [2.05, 4.69) is 49.3 Å². The van der Waals surface area contributed by atoms with Gasteiger partial charge in [-0.05, 0) is 43.4 Å². The summed E-state index contributed by atoms with van der Waals surface area (Å²) in [4.78, 5) is 0. The van der Waals surface area contributed by atoms with E-state index in [4.69, 9.17) is 8.37 Å². The molecule has 1 rings (SSSR count). The molecule has 0 spiro atoms. The van der Waals surface area contributed by atoms with Crippen LogP contribution in [-0.4, -0.2) is 12.7 Å². The van der Waals surface area contributed by atoms with Crippen LogP contribution in [0.5, 0.6) is 0 Å². The SMILES string of the molecule is CC(OSI)C(CCOSI)Cc1ccc(F)cc1. The van der Waals surface area contributed by atoms with Gasteiger partial charge in [-0.25, -0.2) is 4.39 Å². The summed E-state index contributed by atoms with van der Waals surface area (Å²) in [5, 5.41) is 0. The predicted molar refractivity (Wildman–Crippen MR) is 97.9 cm³/mol. The second-order valence-electron chi connectivity index (χ2n) is 4.13. The Balaban J connectivity index is 2.58. The summed E-state index contributed by atoms with van der Waals surface area (Å²) in [7, 11) is 2.70. The van der Waals surface area contributed by atoms with Gasteiger partial charge in [-0.1, -0.05) is 12.1 Å². The molecule has 0 saturated heterocycles. The second-order valence-corrected chi connectivity index (χ2v) is 6.97. The van der Waals surface area contributed by atoms with Gasteiger partial charge in [0.1, 0.15) is 5.82 Å². The van der Waals surface area contributed by atoms with Crippen molar-refractivity contribution in [1.82, 2.24) is 0 Å². The van der Waals surface area contributed by atoms with Crippen LogP contribution in [0.25, 0.3) is 0 Å². The van der Waals surface area contributed by atoms with Gasteiger partial charge in [-0.15, -0.1) is 0 Å². The van der Waals surface area contributed by atoms with Crippen LogP contribution in [0.2, 0.25) is 0 Å². The molecule has 0 heterocycles. The lowest BCUT2D eigenvalue weighted by atomic mass is 9.92. The molecule has 0 aromatic heterocycles. The largest absolute Gasteiger partial charge is 0.305 e. The highest BCUT2D eigenvalue weighted by Gasteiger charge is 2.19. The van der Waals surface area contributed by atoms with Crippen LogP contribution in [0.15, 0.2) is 24.3 Å². The average molecular weight is 528 g/mol. The highest BCUT2D eigenvalue weighted by Crippen LogP contribution is 2.26. The highest BCUT2D eigenvalue weighted by atomic mass is 127. The van der Waals surface area contributed by atoms with Crippen LogP contribution in [0.1, 0.15) is 18.9 Å².